The fourth-order valence-corrected chi connectivity index (χ4v) is 3.06. The van der Waals surface area contributed by atoms with Gasteiger partial charge in [-0.25, -0.2) is 0 Å². The Balaban J connectivity index is 1.51. The number of nitrogens with zero attached hydrogens (tertiary/aromatic N) is 1. The van der Waals surface area contributed by atoms with E-state index in [1.165, 1.54) is 0 Å². The molecule has 0 bridgehead atoms. The molecule has 3 rings (SSSR count). The summed E-state index contributed by atoms with van der Waals surface area (Å²) in [5.74, 6) is 0.900. The second-order valence-electron chi connectivity index (χ2n) is 6.22. The molecule has 0 fully saturated rings. The van der Waals surface area contributed by atoms with Gasteiger partial charge in [0.05, 0.1) is 20.0 Å². The van der Waals surface area contributed by atoms with Gasteiger partial charge < -0.3 is 15.0 Å². The number of likely N-dealkylation sites (N-methyl/N-ethyl adjacent to an activating group) is 1. The summed E-state index contributed by atoms with van der Waals surface area (Å²) >= 11 is 0. The number of ether oxygens (including phenoxy) is 1. The Bertz CT molecular complexity index is 801. The number of fused-ring (bicyclic) bond motifs is 1. The van der Waals surface area contributed by atoms with Crippen molar-refractivity contribution in [3.63, 3.8) is 0 Å². The number of nitrogens with one attached hydrogen (secondary N) is 1. The monoisotopic (exact) mass is 338 g/mol. The van der Waals surface area contributed by atoms with Crippen molar-refractivity contribution in [1.82, 2.24) is 5.32 Å². The Morgan fingerprint density at radius 2 is 2.04 bits per heavy atom. The Morgan fingerprint density at radius 1 is 1.20 bits per heavy atom. The van der Waals surface area contributed by atoms with E-state index < -0.39 is 0 Å². The molecule has 5 nitrogen and oxygen atoms in total. The van der Waals surface area contributed by atoms with Crippen LogP contribution in [0.1, 0.15) is 16.7 Å². The highest BCUT2D eigenvalue weighted by Crippen LogP contribution is 2.28. The van der Waals surface area contributed by atoms with E-state index in [1.807, 2.05) is 42.5 Å². The lowest BCUT2D eigenvalue weighted by molar-refractivity contribution is -0.120. The Hall–Kier alpha value is -2.82. The van der Waals surface area contributed by atoms with E-state index in [1.54, 1.807) is 19.1 Å². The first-order valence-electron chi connectivity index (χ1n) is 8.35. The van der Waals surface area contributed by atoms with Crippen LogP contribution in [0.4, 0.5) is 5.69 Å². The normalized spacial score (nSPS) is 12.9. The molecule has 0 radical (unpaired) electrons. The van der Waals surface area contributed by atoms with Crippen LogP contribution >= 0.6 is 0 Å². The molecule has 130 valence electrons. The molecule has 1 heterocycles. The summed E-state index contributed by atoms with van der Waals surface area (Å²) in [6, 6.07) is 13.6. The second kappa shape index (κ2) is 7.38. The van der Waals surface area contributed by atoms with Gasteiger partial charge in [-0.1, -0.05) is 24.3 Å². The maximum atomic E-state index is 12.1. The maximum Gasteiger partial charge on any atom is 0.231 e. The van der Waals surface area contributed by atoms with Gasteiger partial charge in [0, 0.05) is 19.3 Å². The van der Waals surface area contributed by atoms with Crippen LogP contribution in [0.5, 0.6) is 5.75 Å². The van der Waals surface area contributed by atoms with E-state index in [0.717, 1.165) is 34.5 Å². The Kier molecular flexibility index (Phi) is 5.03. The van der Waals surface area contributed by atoms with Gasteiger partial charge in [0.2, 0.25) is 11.8 Å². The predicted octanol–water partition coefficient (Wildman–Crippen LogP) is 2.12. The third kappa shape index (κ3) is 3.99. The molecule has 0 saturated heterocycles. The van der Waals surface area contributed by atoms with E-state index in [2.05, 4.69) is 5.32 Å². The number of carbonyl (C=O) groups is 2. The van der Waals surface area contributed by atoms with Crippen molar-refractivity contribution in [1.29, 1.82) is 0 Å². The number of amides is 2. The van der Waals surface area contributed by atoms with Crippen LogP contribution in [0, 0.1) is 0 Å². The highest BCUT2D eigenvalue weighted by atomic mass is 16.5. The summed E-state index contributed by atoms with van der Waals surface area (Å²) in [7, 11) is 3.42. The lowest BCUT2D eigenvalue weighted by Crippen LogP contribution is -2.27. The van der Waals surface area contributed by atoms with Crippen molar-refractivity contribution in [2.45, 2.75) is 19.3 Å². The van der Waals surface area contributed by atoms with E-state index in [9.17, 15) is 9.59 Å². The van der Waals surface area contributed by atoms with Crippen LogP contribution in [-0.4, -0.2) is 32.5 Å². The molecule has 5 heteroatoms. The van der Waals surface area contributed by atoms with E-state index in [0.29, 0.717) is 19.4 Å². The van der Waals surface area contributed by atoms with Gasteiger partial charge in [-0.05, 0) is 41.3 Å². The summed E-state index contributed by atoms with van der Waals surface area (Å²) in [5, 5.41) is 2.95. The zero-order valence-electron chi connectivity index (χ0n) is 14.5. The SMILES string of the molecule is COc1cccc(CCNC(=O)Cc2ccc3c(c2)CC(=O)N3C)c1. The molecule has 2 aromatic rings. The molecule has 2 aromatic carbocycles. The van der Waals surface area contributed by atoms with Crippen molar-refractivity contribution in [3.8, 4) is 5.75 Å². The Morgan fingerprint density at radius 3 is 2.84 bits per heavy atom. The lowest BCUT2D eigenvalue weighted by atomic mass is 10.1. The van der Waals surface area contributed by atoms with E-state index >= 15 is 0 Å². The van der Waals surface area contributed by atoms with Gasteiger partial charge in [0.15, 0.2) is 0 Å². The molecule has 0 saturated carbocycles. The predicted molar refractivity (Wildman–Crippen MR) is 97.0 cm³/mol. The first-order valence-corrected chi connectivity index (χ1v) is 8.35. The average Bonchev–Trinajstić information content (AvgIpc) is 2.89. The van der Waals surface area contributed by atoms with Crippen LogP contribution < -0.4 is 15.0 Å². The van der Waals surface area contributed by atoms with Crippen LogP contribution in [0.3, 0.4) is 0 Å². The minimum absolute atomic E-state index is 0.0134. The number of anilines is 1. The molecular formula is C20H22N2O3. The van der Waals surface area contributed by atoms with E-state index in [4.69, 9.17) is 4.74 Å². The number of methoxy groups -OCH3 is 1. The highest BCUT2D eigenvalue weighted by Gasteiger charge is 2.23. The number of carbonyl (C=O) groups excluding carboxylic acids is 2. The molecule has 25 heavy (non-hydrogen) atoms. The molecule has 0 aliphatic carbocycles. The molecule has 0 aromatic heterocycles. The standard InChI is InChI=1S/C20H22N2O3/c1-22-18-7-6-15(10-16(18)13-20(22)24)12-19(23)21-9-8-14-4-3-5-17(11-14)25-2/h3-7,10-11H,8-9,12-13H2,1-2H3,(H,21,23). The lowest BCUT2D eigenvalue weighted by Gasteiger charge is -2.11. The van der Waals surface area contributed by atoms with Gasteiger partial charge in [0.1, 0.15) is 5.75 Å². The van der Waals surface area contributed by atoms with Crippen LogP contribution in [0.25, 0.3) is 0 Å². The van der Waals surface area contributed by atoms with Crippen LogP contribution in [0.2, 0.25) is 0 Å². The first-order chi connectivity index (χ1) is 12.1. The maximum absolute atomic E-state index is 12.1. The summed E-state index contributed by atoms with van der Waals surface area (Å²) in [4.78, 5) is 25.5. The fraction of sp³-hybridized carbons (Fsp3) is 0.300. The molecule has 2 amide bonds. The van der Waals surface area contributed by atoms with Gasteiger partial charge in [-0.2, -0.15) is 0 Å². The topological polar surface area (TPSA) is 58.6 Å². The van der Waals surface area contributed by atoms with E-state index in [-0.39, 0.29) is 11.8 Å². The zero-order valence-corrected chi connectivity index (χ0v) is 14.5. The third-order valence-electron chi connectivity index (χ3n) is 4.46. The van der Waals surface area contributed by atoms with Crippen molar-refractivity contribution in [3.05, 3.63) is 59.2 Å². The molecule has 0 atom stereocenters. The molecular weight excluding hydrogens is 316 g/mol. The molecule has 1 N–H and O–H groups in total. The number of rotatable bonds is 6. The summed E-state index contributed by atoms with van der Waals surface area (Å²) in [5.41, 5.74) is 3.99. The van der Waals surface area contributed by atoms with Gasteiger partial charge in [0.25, 0.3) is 0 Å². The number of hydrogen-bond acceptors (Lipinski definition) is 3. The summed E-state index contributed by atoms with van der Waals surface area (Å²) < 4.78 is 5.20. The average molecular weight is 338 g/mol. The van der Waals surface area contributed by atoms with Gasteiger partial charge in [-0.3, -0.25) is 9.59 Å². The van der Waals surface area contributed by atoms with Gasteiger partial charge in [-0.15, -0.1) is 0 Å². The largest absolute Gasteiger partial charge is 0.497 e. The van der Waals surface area contributed by atoms with Crippen molar-refractivity contribution < 1.29 is 14.3 Å². The first kappa shape index (κ1) is 17.0. The van der Waals surface area contributed by atoms with Crippen molar-refractivity contribution >= 4 is 17.5 Å². The summed E-state index contributed by atoms with van der Waals surface area (Å²) in [6.07, 6.45) is 1.49. The molecule has 0 unspecified atom stereocenters. The second-order valence-corrected chi connectivity index (χ2v) is 6.22. The van der Waals surface area contributed by atoms with Crippen molar-refractivity contribution in [2.75, 3.05) is 25.6 Å². The number of hydrogen-bond donors (Lipinski definition) is 1. The minimum Gasteiger partial charge on any atom is -0.497 e. The minimum atomic E-state index is -0.0134. The number of benzene rings is 2. The molecule has 0 spiro atoms. The fourth-order valence-electron chi connectivity index (χ4n) is 3.06. The Labute approximate surface area is 147 Å². The highest BCUT2D eigenvalue weighted by molar-refractivity contribution is 6.01. The van der Waals surface area contributed by atoms with Gasteiger partial charge >= 0.3 is 0 Å². The quantitative estimate of drug-likeness (QED) is 0.878. The smallest absolute Gasteiger partial charge is 0.231 e. The third-order valence-corrected chi connectivity index (χ3v) is 4.46. The van der Waals surface area contributed by atoms with Crippen LogP contribution in [0.15, 0.2) is 42.5 Å². The van der Waals surface area contributed by atoms with Crippen molar-refractivity contribution in [2.24, 2.45) is 0 Å². The van der Waals surface area contributed by atoms with Crippen LogP contribution in [-0.2, 0) is 28.9 Å². The zero-order chi connectivity index (χ0) is 17.8. The molecule has 1 aliphatic rings. The molecule has 1 aliphatic heterocycles. The summed E-state index contributed by atoms with van der Waals surface area (Å²) in [6.45, 7) is 0.582.